The number of hydrogen-bond donors (Lipinski definition) is 2. The fourth-order valence-corrected chi connectivity index (χ4v) is 2.71. The second kappa shape index (κ2) is 5.41. The van der Waals surface area contributed by atoms with Crippen LogP contribution in [0.3, 0.4) is 0 Å². The standard InChI is InChI=1S/C13H11N5O2S/c14-10-6-11(20)15-12-16-17-13(18(10)12)21-7-9(19)8-4-2-1-3-5-8/h1-6H,7,14H2,(H,15,16,20). The highest BCUT2D eigenvalue weighted by Gasteiger charge is 2.13. The number of thioether (sulfide) groups is 1. The number of anilines is 1. The summed E-state index contributed by atoms with van der Waals surface area (Å²) in [5.41, 5.74) is 6.08. The third-order valence-electron chi connectivity index (χ3n) is 2.83. The lowest BCUT2D eigenvalue weighted by Crippen LogP contribution is -2.11. The number of benzene rings is 1. The number of aromatic nitrogens is 4. The lowest BCUT2D eigenvalue weighted by atomic mass is 10.2. The second-order valence-corrected chi connectivity index (χ2v) is 5.22. The van der Waals surface area contributed by atoms with Gasteiger partial charge in [0.1, 0.15) is 5.82 Å². The van der Waals surface area contributed by atoms with Crippen LogP contribution in [0.4, 0.5) is 5.82 Å². The molecule has 0 spiro atoms. The number of rotatable bonds is 4. The minimum absolute atomic E-state index is 0.0136. The number of carbonyl (C=O) groups is 1. The number of nitrogens with two attached hydrogens (primary N) is 1. The molecule has 21 heavy (non-hydrogen) atoms. The van der Waals surface area contributed by atoms with Crippen LogP contribution in [-0.4, -0.2) is 31.1 Å². The number of hydrogen-bond acceptors (Lipinski definition) is 6. The molecule has 0 saturated carbocycles. The highest BCUT2D eigenvalue weighted by Crippen LogP contribution is 2.19. The van der Waals surface area contributed by atoms with Crippen LogP contribution in [0.5, 0.6) is 0 Å². The molecule has 3 aromatic rings. The third kappa shape index (κ3) is 2.65. The summed E-state index contributed by atoms with van der Waals surface area (Å²) in [5.74, 6) is 0.687. The minimum atomic E-state index is -0.343. The molecule has 2 aromatic heterocycles. The van der Waals surface area contributed by atoms with Crippen molar-refractivity contribution < 1.29 is 4.79 Å². The van der Waals surface area contributed by atoms with Gasteiger partial charge in [0.15, 0.2) is 10.9 Å². The highest BCUT2D eigenvalue weighted by molar-refractivity contribution is 7.99. The van der Waals surface area contributed by atoms with E-state index in [1.165, 1.54) is 22.2 Å². The van der Waals surface area contributed by atoms with E-state index >= 15 is 0 Å². The van der Waals surface area contributed by atoms with E-state index in [4.69, 9.17) is 5.73 Å². The maximum absolute atomic E-state index is 12.0. The smallest absolute Gasteiger partial charge is 0.254 e. The third-order valence-corrected chi connectivity index (χ3v) is 3.76. The predicted molar refractivity (Wildman–Crippen MR) is 79.5 cm³/mol. The Labute approximate surface area is 123 Å². The fourth-order valence-electron chi connectivity index (χ4n) is 1.86. The van der Waals surface area contributed by atoms with E-state index in [1.807, 2.05) is 18.2 Å². The molecule has 0 amide bonds. The van der Waals surface area contributed by atoms with Gasteiger partial charge in [0, 0.05) is 11.6 Å². The predicted octanol–water partition coefficient (Wildman–Crippen LogP) is 0.975. The van der Waals surface area contributed by atoms with E-state index in [-0.39, 0.29) is 28.7 Å². The van der Waals surface area contributed by atoms with Gasteiger partial charge in [-0.15, -0.1) is 10.2 Å². The molecular weight excluding hydrogens is 290 g/mol. The normalized spacial score (nSPS) is 10.9. The molecule has 3 N–H and O–H groups in total. The van der Waals surface area contributed by atoms with Crippen molar-refractivity contribution in [2.45, 2.75) is 5.16 Å². The number of nitrogens with zero attached hydrogens (tertiary/aromatic N) is 3. The average Bonchev–Trinajstić information content (AvgIpc) is 2.89. The van der Waals surface area contributed by atoms with Crippen LogP contribution in [-0.2, 0) is 0 Å². The van der Waals surface area contributed by atoms with Crippen LogP contribution in [0.15, 0.2) is 46.3 Å². The zero-order valence-electron chi connectivity index (χ0n) is 10.8. The van der Waals surface area contributed by atoms with Crippen LogP contribution >= 0.6 is 11.8 Å². The van der Waals surface area contributed by atoms with E-state index in [0.29, 0.717) is 10.7 Å². The largest absolute Gasteiger partial charge is 0.385 e. The molecule has 0 bridgehead atoms. The molecule has 106 valence electrons. The summed E-state index contributed by atoms with van der Waals surface area (Å²) in [4.78, 5) is 25.9. The van der Waals surface area contributed by atoms with Crippen molar-refractivity contribution in [3.8, 4) is 0 Å². The van der Waals surface area contributed by atoms with Crippen molar-refractivity contribution in [2.75, 3.05) is 11.5 Å². The van der Waals surface area contributed by atoms with Crippen LogP contribution in [0, 0.1) is 0 Å². The van der Waals surface area contributed by atoms with Gasteiger partial charge in [-0.2, -0.15) is 0 Å². The number of ketones is 1. The van der Waals surface area contributed by atoms with Crippen LogP contribution in [0.1, 0.15) is 10.4 Å². The monoisotopic (exact) mass is 301 g/mol. The molecule has 0 fully saturated rings. The van der Waals surface area contributed by atoms with E-state index in [9.17, 15) is 9.59 Å². The summed E-state index contributed by atoms with van der Waals surface area (Å²) in [6, 6.07) is 10.2. The van der Waals surface area contributed by atoms with Gasteiger partial charge in [0.25, 0.3) is 5.56 Å². The summed E-state index contributed by atoms with van der Waals surface area (Å²) in [6.45, 7) is 0. The molecule has 0 aliphatic heterocycles. The summed E-state index contributed by atoms with van der Waals surface area (Å²) in [7, 11) is 0. The topological polar surface area (TPSA) is 106 Å². The van der Waals surface area contributed by atoms with Gasteiger partial charge in [-0.3, -0.25) is 14.6 Å². The zero-order chi connectivity index (χ0) is 14.8. The van der Waals surface area contributed by atoms with Crippen molar-refractivity contribution >= 4 is 29.1 Å². The number of fused-ring (bicyclic) bond motifs is 1. The summed E-state index contributed by atoms with van der Waals surface area (Å²) < 4.78 is 1.50. The number of aromatic amines is 1. The summed E-state index contributed by atoms with van der Waals surface area (Å²) >= 11 is 1.22. The van der Waals surface area contributed by atoms with Gasteiger partial charge in [-0.25, -0.2) is 4.40 Å². The van der Waals surface area contributed by atoms with Gasteiger partial charge >= 0.3 is 0 Å². The lowest BCUT2D eigenvalue weighted by molar-refractivity contribution is 0.102. The van der Waals surface area contributed by atoms with Crippen molar-refractivity contribution in [3.63, 3.8) is 0 Å². The van der Waals surface area contributed by atoms with E-state index in [1.54, 1.807) is 12.1 Å². The molecule has 0 atom stereocenters. The van der Waals surface area contributed by atoms with Gasteiger partial charge in [-0.05, 0) is 0 Å². The SMILES string of the molecule is Nc1cc(=O)[nH]c2nnc(SCC(=O)c3ccccc3)n12. The van der Waals surface area contributed by atoms with Crippen molar-refractivity contribution in [1.82, 2.24) is 19.6 Å². The highest BCUT2D eigenvalue weighted by atomic mass is 32.2. The first-order chi connectivity index (χ1) is 10.1. The Morgan fingerprint density at radius 1 is 1.29 bits per heavy atom. The Morgan fingerprint density at radius 3 is 2.81 bits per heavy atom. The fraction of sp³-hybridized carbons (Fsp3) is 0.0769. The molecule has 3 rings (SSSR count). The molecule has 7 nitrogen and oxygen atoms in total. The zero-order valence-corrected chi connectivity index (χ0v) is 11.6. The van der Waals surface area contributed by atoms with Gasteiger partial charge in [-0.1, -0.05) is 42.1 Å². The Kier molecular flexibility index (Phi) is 3.44. The Morgan fingerprint density at radius 2 is 2.05 bits per heavy atom. The maximum atomic E-state index is 12.0. The molecule has 8 heteroatoms. The van der Waals surface area contributed by atoms with E-state index < -0.39 is 0 Å². The van der Waals surface area contributed by atoms with E-state index in [0.717, 1.165) is 0 Å². The maximum Gasteiger partial charge on any atom is 0.254 e. The lowest BCUT2D eigenvalue weighted by Gasteiger charge is -2.02. The van der Waals surface area contributed by atoms with Gasteiger partial charge < -0.3 is 5.73 Å². The number of nitrogen functional groups attached to an aromatic ring is 1. The second-order valence-electron chi connectivity index (χ2n) is 4.28. The first-order valence-corrected chi connectivity index (χ1v) is 7.08. The number of H-pyrrole nitrogens is 1. The van der Waals surface area contributed by atoms with E-state index in [2.05, 4.69) is 15.2 Å². The number of Topliss-reactive ketones (excluding diaryl/α,β-unsaturated/α-hetero) is 1. The Bertz CT molecular complexity index is 856. The number of carbonyl (C=O) groups excluding carboxylic acids is 1. The molecule has 0 aliphatic carbocycles. The average molecular weight is 301 g/mol. The molecule has 0 unspecified atom stereocenters. The molecule has 0 saturated heterocycles. The number of nitrogens with one attached hydrogen (secondary N) is 1. The molecule has 1 aromatic carbocycles. The Balaban J connectivity index is 1.83. The van der Waals surface area contributed by atoms with Gasteiger partial charge in [0.2, 0.25) is 5.78 Å². The van der Waals surface area contributed by atoms with Crippen LogP contribution in [0.25, 0.3) is 5.78 Å². The minimum Gasteiger partial charge on any atom is -0.385 e. The summed E-state index contributed by atoms with van der Waals surface area (Å²) in [5, 5.41) is 8.23. The van der Waals surface area contributed by atoms with Crippen molar-refractivity contribution in [2.24, 2.45) is 0 Å². The summed E-state index contributed by atoms with van der Waals surface area (Å²) in [6.07, 6.45) is 0. The molecular formula is C13H11N5O2S. The quantitative estimate of drug-likeness (QED) is 0.549. The molecule has 0 radical (unpaired) electrons. The Hall–Kier alpha value is -2.61. The van der Waals surface area contributed by atoms with Crippen LogP contribution < -0.4 is 11.3 Å². The van der Waals surface area contributed by atoms with Crippen molar-refractivity contribution in [1.29, 1.82) is 0 Å². The molecule has 2 heterocycles. The molecule has 0 aliphatic rings. The van der Waals surface area contributed by atoms with Crippen molar-refractivity contribution in [3.05, 3.63) is 52.3 Å². The van der Waals surface area contributed by atoms with Gasteiger partial charge in [0.05, 0.1) is 5.75 Å². The first kappa shape index (κ1) is 13.4. The first-order valence-electron chi connectivity index (χ1n) is 6.10. The van der Waals surface area contributed by atoms with Crippen LogP contribution in [0.2, 0.25) is 0 Å².